The standard InChI is InChI=1S/C25H39BrN2O3/c1-27(2)25(29)31-22-8-6-19(7-9-22)5-4-14-28-15-12-20(13-16-28)17-21-18-23(30-3)10-11-24(21)26/h10-11,18-20,22H,4-9,12-17H2,1-3H3. The number of hydrogen-bond donors (Lipinski definition) is 0. The third-order valence-corrected chi connectivity index (χ3v) is 7.76. The number of methoxy groups -OCH3 is 1. The molecule has 0 atom stereocenters. The first-order valence-electron chi connectivity index (χ1n) is 11.9. The molecule has 0 N–H and O–H groups in total. The molecule has 1 aliphatic heterocycles. The Labute approximate surface area is 196 Å². The zero-order valence-electron chi connectivity index (χ0n) is 19.4. The second kappa shape index (κ2) is 12.1. The lowest BCUT2D eigenvalue weighted by atomic mass is 9.84. The smallest absolute Gasteiger partial charge is 0.409 e. The molecular formula is C25H39BrN2O3. The van der Waals surface area contributed by atoms with Gasteiger partial charge in [-0.3, -0.25) is 0 Å². The largest absolute Gasteiger partial charge is 0.497 e. The Bertz CT molecular complexity index is 696. The molecule has 0 spiro atoms. The van der Waals surface area contributed by atoms with Gasteiger partial charge in [0.15, 0.2) is 0 Å². The van der Waals surface area contributed by atoms with Crippen molar-refractivity contribution in [3.63, 3.8) is 0 Å². The van der Waals surface area contributed by atoms with Crippen LogP contribution in [0.15, 0.2) is 22.7 Å². The topological polar surface area (TPSA) is 42.0 Å². The number of amides is 1. The molecule has 6 heteroatoms. The Morgan fingerprint density at radius 2 is 1.81 bits per heavy atom. The summed E-state index contributed by atoms with van der Waals surface area (Å²) in [5, 5.41) is 0. The summed E-state index contributed by atoms with van der Waals surface area (Å²) >= 11 is 3.70. The zero-order chi connectivity index (χ0) is 22.2. The lowest BCUT2D eigenvalue weighted by molar-refractivity contribution is 0.0453. The number of carbonyl (C=O) groups excluding carboxylic acids is 1. The molecule has 1 saturated carbocycles. The molecule has 0 unspecified atom stereocenters. The van der Waals surface area contributed by atoms with E-state index in [9.17, 15) is 4.79 Å². The maximum absolute atomic E-state index is 11.7. The van der Waals surface area contributed by atoms with Crippen LogP contribution >= 0.6 is 15.9 Å². The molecule has 5 nitrogen and oxygen atoms in total. The first-order valence-corrected chi connectivity index (χ1v) is 12.7. The van der Waals surface area contributed by atoms with E-state index in [1.54, 1.807) is 21.2 Å². The average molecular weight is 496 g/mol. The predicted molar refractivity (Wildman–Crippen MR) is 129 cm³/mol. The summed E-state index contributed by atoms with van der Waals surface area (Å²) in [6, 6.07) is 6.29. The monoisotopic (exact) mass is 494 g/mol. The number of benzene rings is 1. The number of carbonyl (C=O) groups is 1. The van der Waals surface area contributed by atoms with Crippen LogP contribution in [0, 0.1) is 11.8 Å². The Kier molecular flexibility index (Phi) is 9.51. The molecule has 1 amide bonds. The number of hydrogen-bond acceptors (Lipinski definition) is 4. The molecule has 1 saturated heterocycles. The van der Waals surface area contributed by atoms with E-state index >= 15 is 0 Å². The van der Waals surface area contributed by atoms with Crippen molar-refractivity contribution in [2.24, 2.45) is 11.8 Å². The van der Waals surface area contributed by atoms with Gasteiger partial charge in [0, 0.05) is 18.6 Å². The van der Waals surface area contributed by atoms with E-state index in [2.05, 4.69) is 33.0 Å². The van der Waals surface area contributed by atoms with Gasteiger partial charge >= 0.3 is 6.09 Å². The molecule has 2 fully saturated rings. The van der Waals surface area contributed by atoms with Crippen LogP contribution in [0.2, 0.25) is 0 Å². The number of halogens is 1. The molecule has 1 heterocycles. The number of ether oxygens (including phenoxy) is 2. The van der Waals surface area contributed by atoms with Gasteiger partial charge in [0.1, 0.15) is 11.9 Å². The fraction of sp³-hybridized carbons (Fsp3) is 0.720. The number of piperidine rings is 1. The highest BCUT2D eigenvalue weighted by molar-refractivity contribution is 9.10. The van der Waals surface area contributed by atoms with Crippen LogP contribution in [-0.4, -0.2) is 62.8 Å². The zero-order valence-corrected chi connectivity index (χ0v) is 21.0. The molecule has 174 valence electrons. The maximum Gasteiger partial charge on any atom is 0.409 e. The second-order valence-corrected chi connectivity index (χ2v) is 10.4. The molecule has 31 heavy (non-hydrogen) atoms. The van der Waals surface area contributed by atoms with Crippen molar-refractivity contribution in [1.82, 2.24) is 9.80 Å². The van der Waals surface area contributed by atoms with Gasteiger partial charge < -0.3 is 19.3 Å². The van der Waals surface area contributed by atoms with Crippen LogP contribution in [0.4, 0.5) is 4.79 Å². The molecule has 0 bridgehead atoms. The summed E-state index contributed by atoms with van der Waals surface area (Å²) in [5.74, 6) is 2.51. The van der Waals surface area contributed by atoms with Crippen molar-refractivity contribution in [1.29, 1.82) is 0 Å². The van der Waals surface area contributed by atoms with Crippen molar-refractivity contribution < 1.29 is 14.3 Å². The molecule has 2 aliphatic rings. The van der Waals surface area contributed by atoms with Gasteiger partial charge in [-0.25, -0.2) is 4.79 Å². The lowest BCUT2D eigenvalue weighted by Gasteiger charge is -2.33. The quantitative estimate of drug-likeness (QED) is 0.461. The molecular weight excluding hydrogens is 456 g/mol. The maximum atomic E-state index is 11.7. The van der Waals surface area contributed by atoms with E-state index in [1.807, 2.05) is 6.07 Å². The number of nitrogens with zero attached hydrogens (tertiary/aromatic N) is 2. The first kappa shape index (κ1) is 24.4. The van der Waals surface area contributed by atoms with Crippen LogP contribution in [-0.2, 0) is 11.2 Å². The molecule has 1 aliphatic carbocycles. The first-order chi connectivity index (χ1) is 14.9. The van der Waals surface area contributed by atoms with E-state index in [-0.39, 0.29) is 12.2 Å². The Hall–Kier alpha value is -1.27. The summed E-state index contributed by atoms with van der Waals surface area (Å²) in [5.41, 5.74) is 1.37. The van der Waals surface area contributed by atoms with Crippen molar-refractivity contribution >= 4 is 22.0 Å². The van der Waals surface area contributed by atoms with Crippen molar-refractivity contribution in [3.05, 3.63) is 28.2 Å². The number of rotatable bonds is 8. The fourth-order valence-corrected chi connectivity index (χ4v) is 5.36. The Morgan fingerprint density at radius 3 is 2.45 bits per heavy atom. The highest BCUT2D eigenvalue weighted by Crippen LogP contribution is 2.31. The van der Waals surface area contributed by atoms with Gasteiger partial charge in [0.2, 0.25) is 0 Å². The summed E-state index contributed by atoms with van der Waals surface area (Å²) in [4.78, 5) is 15.9. The molecule has 0 aromatic heterocycles. The van der Waals surface area contributed by atoms with E-state index in [0.717, 1.165) is 36.8 Å². The Balaban J connectivity index is 1.29. The SMILES string of the molecule is COc1ccc(Br)c(CC2CCN(CCCC3CCC(OC(=O)N(C)C)CC3)CC2)c1. The molecule has 1 aromatic rings. The minimum absolute atomic E-state index is 0.120. The molecule has 1 aromatic carbocycles. The van der Waals surface area contributed by atoms with Crippen molar-refractivity contribution in [3.8, 4) is 5.75 Å². The van der Waals surface area contributed by atoms with Gasteiger partial charge in [-0.15, -0.1) is 0 Å². The Morgan fingerprint density at radius 1 is 1.10 bits per heavy atom. The number of likely N-dealkylation sites (tertiary alicyclic amines) is 1. The minimum atomic E-state index is -0.203. The fourth-order valence-electron chi connectivity index (χ4n) is 4.95. The van der Waals surface area contributed by atoms with E-state index < -0.39 is 0 Å². The summed E-state index contributed by atoms with van der Waals surface area (Å²) in [7, 11) is 5.22. The minimum Gasteiger partial charge on any atom is -0.497 e. The molecule has 0 radical (unpaired) electrons. The normalized spacial score (nSPS) is 22.8. The lowest BCUT2D eigenvalue weighted by Crippen LogP contribution is -2.35. The third-order valence-electron chi connectivity index (χ3n) is 6.98. The van der Waals surface area contributed by atoms with Crippen LogP contribution in [0.25, 0.3) is 0 Å². The van der Waals surface area contributed by atoms with Crippen LogP contribution in [0.5, 0.6) is 5.75 Å². The van der Waals surface area contributed by atoms with Gasteiger partial charge in [-0.05, 0) is 113 Å². The van der Waals surface area contributed by atoms with E-state index in [1.165, 1.54) is 73.1 Å². The van der Waals surface area contributed by atoms with Crippen LogP contribution in [0.1, 0.15) is 56.9 Å². The third kappa shape index (κ3) is 7.67. The summed E-state index contributed by atoms with van der Waals surface area (Å²) in [6.45, 7) is 3.67. The summed E-state index contributed by atoms with van der Waals surface area (Å²) < 4.78 is 12.1. The van der Waals surface area contributed by atoms with Gasteiger partial charge in [-0.2, -0.15) is 0 Å². The van der Waals surface area contributed by atoms with E-state index in [4.69, 9.17) is 9.47 Å². The second-order valence-electron chi connectivity index (χ2n) is 9.51. The average Bonchev–Trinajstić information content (AvgIpc) is 2.77. The highest BCUT2D eigenvalue weighted by Gasteiger charge is 2.25. The van der Waals surface area contributed by atoms with Crippen LogP contribution < -0.4 is 4.74 Å². The van der Waals surface area contributed by atoms with Gasteiger partial charge in [-0.1, -0.05) is 15.9 Å². The van der Waals surface area contributed by atoms with Crippen LogP contribution in [0.3, 0.4) is 0 Å². The van der Waals surface area contributed by atoms with Crippen molar-refractivity contribution in [2.45, 2.75) is 63.9 Å². The molecule has 3 rings (SSSR count). The van der Waals surface area contributed by atoms with Crippen molar-refractivity contribution in [2.75, 3.05) is 40.8 Å². The van der Waals surface area contributed by atoms with Gasteiger partial charge in [0.25, 0.3) is 0 Å². The summed E-state index contributed by atoms with van der Waals surface area (Å²) in [6.07, 6.45) is 10.7. The highest BCUT2D eigenvalue weighted by atomic mass is 79.9. The van der Waals surface area contributed by atoms with Gasteiger partial charge in [0.05, 0.1) is 7.11 Å². The van der Waals surface area contributed by atoms with E-state index in [0.29, 0.717) is 0 Å². The predicted octanol–water partition coefficient (Wildman–Crippen LogP) is 5.75.